The van der Waals surface area contributed by atoms with E-state index in [-0.39, 0.29) is 5.91 Å². The van der Waals surface area contributed by atoms with E-state index in [1.165, 1.54) is 5.56 Å². The van der Waals surface area contributed by atoms with Crippen molar-refractivity contribution in [2.75, 3.05) is 26.2 Å². The lowest BCUT2D eigenvalue weighted by molar-refractivity contribution is 0.0595. The summed E-state index contributed by atoms with van der Waals surface area (Å²) in [5, 5.41) is 4.33. The Morgan fingerprint density at radius 1 is 1.13 bits per heavy atom. The Morgan fingerprint density at radius 2 is 1.83 bits per heavy atom. The van der Waals surface area contributed by atoms with Crippen LogP contribution in [0.15, 0.2) is 42.7 Å². The van der Waals surface area contributed by atoms with Gasteiger partial charge in [-0.3, -0.25) is 14.4 Å². The molecule has 1 aromatic heterocycles. The summed E-state index contributed by atoms with van der Waals surface area (Å²) in [6.07, 6.45) is 3.53. The highest BCUT2D eigenvalue weighted by molar-refractivity contribution is 5.93. The molecule has 0 aliphatic carbocycles. The average molecular weight is 312 g/mol. The SMILES string of the molecule is CC(C)N1CCN(C(=O)c2cnn(Cc3ccccc3)c2)CC1. The van der Waals surface area contributed by atoms with Gasteiger partial charge in [-0.2, -0.15) is 5.10 Å². The second-order valence-electron chi connectivity index (χ2n) is 6.33. The van der Waals surface area contributed by atoms with Gasteiger partial charge in [0.1, 0.15) is 0 Å². The molecule has 2 heterocycles. The van der Waals surface area contributed by atoms with Crippen molar-refractivity contribution < 1.29 is 4.79 Å². The summed E-state index contributed by atoms with van der Waals surface area (Å²) in [7, 11) is 0. The van der Waals surface area contributed by atoms with E-state index in [1.54, 1.807) is 6.20 Å². The van der Waals surface area contributed by atoms with E-state index in [0.717, 1.165) is 26.2 Å². The number of rotatable bonds is 4. The molecule has 5 heteroatoms. The van der Waals surface area contributed by atoms with E-state index in [9.17, 15) is 4.79 Å². The highest BCUT2D eigenvalue weighted by atomic mass is 16.2. The van der Waals surface area contributed by atoms with Crippen molar-refractivity contribution in [3.8, 4) is 0 Å². The fraction of sp³-hybridized carbons (Fsp3) is 0.444. The normalized spacial score (nSPS) is 16.0. The maximum atomic E-state index is 12.6. The van der Waals surface area contributed by atoms with E-state index in [1.807, 2.05) is 34.0 Å². The second-order valence-corrected chi connectivity index (χ2v) is 6.33. The highest BCUT2D eigenvalue weighted by Gasteiger charge is 2.24. The minimum Gasteiger partial charge on any atom is -0.336 e. The molecule has 1 saturated heterocycles. The Hall–Kier alpha value is -2.14. The maximum absolute atomic E-state index is 12.6. The molecule has 1 aromatic carbocycles. The number of nitrogens with zero attached hydrogens (tertiary/aromatic N) is 4. The van der Waals surface area contributed by atoms with Crippen molar-refractivity contribution in [1.29, 1.82) is 0 Å². The van der Waals surface area contributed by atoms with E-state index in [2.05, 4.69) is 36.0 Å². The van der Waals surface area contributed by atoms with Gasteiger partial charge in [-0.05, 0) is 19.4 Å². The number of hydrogen-bond donors (Lipinski definition) is 0. The van der Waals surface area contributed by atoms with Crippen molar-refractivity contribution in [2.45, 2.75) is 26.4 Å². The monoisotopic (exact) mass is 312 g/mol. The van der Waals surface area contributed by atoms with Gasteiger partial charge in [0.25, 0.3) is 5.91 Å². The summed E-state index contributed by atoms with van der Waals surface area (Å²) in [6.45, 7) is 8.57. The smallest absolute Gasteiger partial charge is 0.257 e. The van der Waals surface area contributed by atoms with Crippen LogP contribution in [0.1, 0.15) is 29.8 Å². The minimum absolute atomic E-state index is 0.0905. The Bertz CT molecular complexity index is 642. The fourth-order valence-corrected chi connectivity index (χ4v) is 2.95. The van der Waals surface area contributed by atoms with Crippen LogP contribution in [0.5, 0.6) is 0 Å². The van der Waals surface area contributed by atoms with Crippen LogP contribution in [0, 0.1) is 0 Å². The largest absolute Gasteiger partial charge is 0.336 e. The fourth-order valence-electron chi connectivity index (χ4n) is 2.95. The van der Waals surface area contributed by atoms with E-state index >= 15 is 0 Å². The van der Waals surface area contributed by atoms with E-state index in [0.29, 0.717) is 18.2 Å². The molecule has 1 aliphatic rings. The van der Waals surface area contributed by atoms with E-state index in [4.69, 9.17) is 0 Å². The number of hydrogen-bond acceptors (Lipinski definition) is 3. The zero-order chi connectivity index (χ0) is 16.2. The standard InChI is InChI=1S/C18H24N4O/c1-15(2)20-8-10-21(11-9-20)18(23)17-12-19-22(14-17)13-16-6-4-3-5-7-16/h3-7,12,14-15H,8-11,13H2,1-2H3. The molecule has 122 valence electrons. The molecule has 23 heavy (non-hydrogen) atoms. The first-order chi connectivity index (χ1) is 11.1. The van der Waals surface area contributed by atoms with Crippen LogP contribution in [0.25, 0.3) is 0 Å². The molecule has 0 spiro atoms. The quantitative estimate of drug-likeness (QED) is 0.868. The van der Waals surface area contributed by atoms with Crippen LogP contribution in [0.2, 0.25) is 0 Å². The van der Waals surface area contributed by atoms with Crippen molar-refractivity contribution in [3.63, 3.8) is 0 Å². The van der Waals surface area contributed by atoms with E-state index < -0.39 is 0 Å². The molecule has 1 amide bonds. The molecule has 0 unspecified atom stereocenters. The molecule has 0 radical (unpaired) electrons. The number of carbonyl (C=O) groups is 1. The highest BCUT2D eigenvalue weighted by Crippen LogP contribution is 2.11. The third kappa shape index (κ3) is 3.79. The lowest BCUT2D eigenvalue weighted by Gasteiger charge is -2.36. The first-order valence-electron chi connectivity index (χ1n) is 8.23. The van der Waals surface area contributed by atoms with Crippen molar-refractivity contribution in [1.82, 2.24) is 19.6 Å². The zero-order valence-electron chi connectivity index (χ0n) is 13.9. The molecule has 5 nitrogen and oxygen atoms in total. The van der Waals surface area contributed by atoms with Crippen molar-refractivity contribution >= 4 is 5.91 Å². The zero-order valence-corrected chi connectivity index (χ0v) is 13.9. The van der Waals surface area contributed by atoms with Gasteiger partial charge in [-0.1, -0.05) is 30.3 Å². The molecular weight excluding hydrogens is 288 g/mol. The van der Waals surface area contributed by atoms with Gasteiger partial charge in [0.2, 0.25) is 0 Å². The number of carbonyl (C=O) groups excluding carboxylic acids is 1. The molecule has 0 N–H and O–H groups in total. The topological polar surface area (TPSA) is 41.4 Å². The third-order valence-corrected chi connectivity index (χ3v) is 4.40. The van der Waals surface area contributed by atoms with Crippen LogP contribution < -0.4 is 0 Å². The molecule has 0 atom stereocenters. The number of aromatic nitrogens is 2. The molecule has 1 fully saturated rings. The van der Waals surface area contributed by atoms with Crippen LogP contribution in [0.4, 0.5) is 0 Å². The van der Waals surface area contributed by atoms with Gasteiger partial charge in [0, 0.05) is 38.4 Å². The summed E-state index contributed by atoms with van der Waals surface area (Å²) >= 11 is 0. The Morgan fingerprint density at radius 3 is 2.48 bits per heavy atom. The number of benzene rings is 1. The summed E-state index contributed by atoms with van der Waals surface area (Å²) in [6, 6.07) is 10.7. The third-order valence-electron chi connectivity index (χ3n) is 4.40. The van der Waals surface area contributed by atoms with Gasteiger partial charge in [0.15, 0.2) is 0 Å². The van der Waals surface area contributed by atoms with Crippen molar-refractivity contribution in [3.05, 3.63) is 53.9 Å². The van der Waals surface area contributed by atoms with Gasteiger partial charge >= 0.3 is 0 Å². The van der Waals surface area contributed by atoms with Gasteiger partial charge < -0.3 is 4.90 Å². The molecule has 0 saturated carbocycles. The average Bonchev–Trinajstić information content (AvgIpc) is 3.03. The summed E-state index contributed by atoms with van der Waals surface area (Å²) < 4.78 is 1.83. The second kappa shape index (κ2) is 6.96. The minimum atomic E-state index is 0.0905. The Kier molecular flexibility index (Phi) is 4.76. The molecule has 3 rings (SSSR count). The van der Waals surface area contributed by atoms with Crippen molar-refractivity contribution in [2.24, 2.45) is 0 Å². The first kappa shape index (κ1) is 15.7. The maximum Gasteiger partial charge on any atom is 0.257 e. The lowest BCUT2D eigenvalue weighted by Crippen LogP contribution is -2.50. The number of piperazine rings is 1. The van der Waals surface area contributed by atoms with Crippen LogP contribution in [-0.2, 0) is 6.54 Å². The predicted molar refractivity (Wildman–Crippen MR) is 90.4 cm³/mol. The predicted octanol–water partition coefficient (Wildman–Crippen LogP) is 2.10. The van der Waals surface area contributed by atoms with Crippen LogP contribution in [-0.4, -0.2) is 57.7 Å². The van der Waals surface area contributed by atoms with Gasteiger partial charge in [-0.25, -0.2) is 0 Å². The molecule has 0 bridgehead atoms. The summed E-state index contributed by atoms with van der Waals surface area (Å²) in [5.41, 5.74) is 1.86. The van der Waals surface area contributed by atoms with Gasteiger partial charge in [-0.15, -0.1) is 0 Å². The summed E-state index contributed by atoms with van der Waals surface area (Å²) in [5.74, 6) is 0.0905. The Balaban J connectivity index is 1.61. The lowest BCUT2D eigenvalue weighted by atomic mass is 10.2. The van der Waals surface area contributed by atoms with Crippen LogP contribution >= 0.6 is 0 Å². The first-order valence-corrected chi connectivity index (χ1v) is 8.23. The van der Waals surface area contributed by atoms with Gasteiger partial charge in [0.05, 0.1) is 18.3 Å². The molecule has 1 aliphatic heterocycles. The van der Waals surface area contributed by atoms with Crippen LogP contribution in [0.3, 0.4) is 0 Å². The molecule has 2 aromatic rings. The summed E-state index contributed by atoms with van der Waals surface area (Å²) in [4.78, 5) is 16.9. The molecular formula is C18H24N4O. The Labute approximate surface area is 137 Å². The number of amides is 1.